The molecule has 138 valence electrons. The molecule has 0 spiro atoms. The van der Waals surface area contributed by atoms with Crippen LogP contribution in [0.3, 0.4) is 0 Å². The molecule has 1 saturated heterocycles. The van der Waals surface area contributed by atoms with Crippen molar-refractivity contribution in [2.24, 2.45) is 0 Å². The van der Waals surface area contributed by atoms with Gasteiger partial charge < -0.3 is 23.9 Å². The highest BCUT2D eigenvalue weighted by Gasteiger charge is 2.25. The largest absolute Gasteiger partial charge is 0.494 e. The maximum absolute atomic E-state index is 12.4. The fourth-order valence-electron chi connectivity index (χ4n) is 2.99. The minimum atomic E-state index is -0.427. The SMILES string of the molecule is COc1cc(NC(=O)c2cc(-c3ccco3)on2)ccc1N1CCCC1=O. The first kappa shape index (κ1) is 16.9. The predicted molar refractivity (Wildman–Crippen MR) is 96.7 cm³/mol. The Kier molecular flexibility index (Phi) is 4.37. The Morgan fingerprint density at radius 2 is 2.15 bits per heavy atom. The van der Waals surface area contributed by atoms with E-state index in [4.69, 9.17) is 13.7 Å². The van der Waals surface area contributed by atoms with Crippen LogP contribution < -0.4 is 15.0 Å². The van der Waals surface area contributed by atoms with E-state index < -0.39 is 5.91 Å². The zero-order chi connectivity index (χ0) is 18.8. The molecule has 27 heavy (non-hydrogen) atoms. The Morgan fingerprint density at radius 1 is 1.26 bits per heavy atom. The average molecular weight is 367 g/mol. The zero-order valence-electron chi connectivity index (χ0n) is 14.6. The number of rotatable bonds is 5. The van der Waals surface area contributed by atoms with Gasteiger partial charge in [-0.05, 0) is 30.7 Å². The highest BCUT2D eigenvalue weighted by atomic mass is 16.5. The van der Waals surface area contributed by atoms with Gasteiger partial charge >= 0.3 is 0 Å². The second-order valence-corrected chi connectivity index (χ2v) is 6.04. The number of ether oxygens (including phenoxy) is 1. The molecule has 0 radical (unpaired) electrons. The summed E-state index contributed by atoms with van der Waals surface area (Å²) in [6, 6.07) is 10.1. The maximum Gasteiger partial charge on any atom is 0.277 e. The summed E-state index contributed by atoms with van der Waals surface area (Å²) in [7, 11) is 1.53. The minimum Gasteiger partial charge on any atom is -0.494 e. The van der Waals surface area contributed by atoms with E-state index in [1.54, 1.807) is 35.2 Å². The number of nitrogens with zero attached hydrogens (tertiary/aromatic N) is 2. The number of amides is 2. The number of furan rings is 1. The summed E-state index contributed by atoms with van der Waals surface area (Å²) >= 11 is 0. The standard InChI is InChI=1S/C19H17N3O5/c1-25-16-10-12(6-7-14(16)22-8-2-5-18(22)23)20-19(24)13-11-17(27-21-13)15-4-3-9-26-15/h3-4,6-7,9-11H,2,5,8H2,1H3,(H,20,24). The number of carbonyl (C=O) groups is 2. The number of nitrogens with one attached hydrogen (secondary N) is 1. The molecule has 2 amide bonds. The lowest BCUT2D eigenvalue weighted by atomic mass is 10.2. The van der Waals surface area contributed by atoms with Gasteiger partial charge in [0, 0.05) is 30.8 Å². The number of aromatic nitrogens is 1. The van der Waals surface area contributed by atoms with Crippen LogP contribution >= 0.6 is 0 Å². The van der Waals surface area contributed by atoms with Crippen molar-refractivity contribution in [2.45, 2.75) is 12.8 Å². The first-order valence-corrected chi connectivity index (χ1v) is 8.46. The molecule has 0 saturated carbocycles. The summed E-state index contributed by atoms with van der Waals surface area (Å²) in [6.45, 7) is 0.662. The minimum absolute atomic E-state index is 0.0677. The van der Waals surface area contributed by atoms with Crippen LogP contribution in [-0.2, 0) is 4.79 Å². The summed E-state index contributed by atoms with van der Waals surface area (Å²) in [5.74, 6) is 1.01. The first-order chi connectivity index (χ1) is 13.2. The van der Waals surface area contributed by atoms with Crippen LogP contribution in [0, 0.1) is 0 Å². The second kappa shape index (κ2) is 6.99. The van der Waals surface area contributed by atoms with Gasteiger partial charge in [-0.2, -0.15) is 0 Å². The molecular weight excluding hydrogens is 350 g/mol. The van der Waals surface area contributed by atoms with E-state index in [0.717, 1.165) is 6.42 Å². The van der Waals surface area contributed by atoms with Gasteiger partial charge in [-0.25, -0.2) is 0 Å². The molecule has 1 aliphatic rings. The molecule has 1 fully saturated rings. The number of hydrogen-bond donors (Lipinski definition) is 1. The molecule has 0 bridgehead atoms. The summed E-state index contributed by atoms with van der Waals surface area (Å²) in [5.41, 5.74) is 1.34. The summed E-state index contributed by atoms with van der Waals surface area (Å²) in [4.78, 5) is 26.1. The topological polar surface area (TPSA) is 97.8 Å². The molecule has 0 aliphatic carbocycles. The molecule has 1 aliphatic heterocycles. The van der Waals surface area contributed by atoms with Gasteiger partial charge in [-0.15, -0.1) is 0 Å². The number of methoxy groups -OCH3 is 1. The fraction of sp³-hybridized carbons (Fsp3) is 0.211. The lowest BCUT2D eigenvalue weighted by molar-refractivity contribution is -0.117. The quantitative estimate of drug-likeness (QED) is 0.743. The van der Waals surface area contributed by atoms with Gasteiger partial charge in [0.25, 0.3) is 5.91 Å². The van der Waals surface area contributed by atoms with Crippen molar-refractivity contribution in [1.29, 1.82) is 0 Å². The number of benzene rings is 1. The monoisotopic (exact) mass is 367 g/mol. The third-order valence-electron chi connectivity index (χ3n) is 4.31. The van der Waals surface area contributed by atoms with E-state index in [1.807, 2.05) is 0 Å². The molecule has 2 aromatic heterocycles. The average Bonchev–Trinajstić information content (AvgIpc) is 3.42. The lowest BCUT2D eigenvalue weighted by Gasteiger charge is -2.19. The van der Waals surface area contributed by atoms with Crippen LogP contribution in [0.5, 0.6) is 5.75 Å². The Balaban J connectivity index is 1.52. The van der Waals surface area contributed by atoms with Crippen molar-refractivity contribution in [3.63, 3.8) is 0 Å². The second-order valence-electron chi connectivity index (χ2n) is 6.04. The lowest BCUT2D eigenvalue weighted by Crippen LogP contribution is -2.24. The highest BCUT2D eigenvalue weighted by Crippen LogP contribution is 2.34. The molecule has 1 N–H and O–H groups in total. The molecule has 8 nitrogen and oxygen atoms in total. The number of carbonyl (C=O) groups excluding carboxylic acids is 2. The van der Waals surface area contributed by atoms with Gasteiger partial charge in [-0.3, -0.25) is 9.59 Å². The fourth-order valence-corrected chi connectivity index (χ4v) is 2.99. The Morgan fingerprint density at radius 3 is 2.85 bits per heavy atom. The predicted octanol–water partition coefficient (Wildman–Crippen LogP) is 3.32. The first-order valence-electron chi connectivity index (χ1n) is 8.46. The molecule has 0 unspecified atom stereocenters. The van der Waals surface area contributed by atoms with Crippen molar-refractivity contribution >= 4 is 23.2 Å². The van der Waals surface area contributed by atoms with Crippen molar-refractivity contribution in [1.82, 2.24) is 5.16 Å². The Hall–Kier alpha value is -3.55. The Bertz CT molecular complexity index is 977. The van der Waals surface area contributed by atoms with E-state index in [-0.39, 0.29) is 11.6 Å². The highest BCUT2D eigenvalue weighted by molar-refractivity contribution is 6.04. The van der Waals surface area contributed by atoms with Crippen LogP contribution in [0.25, 0.3) is 11.5 Å². The molecule has 3 aromatic rings. The summed E-state index contributed by atoms with van der Waals surface area (Å²) in [5, 5.41) is 6.52. The van der Waals surface area contributed by atoms with Crippen LogP contribution in [0.15, 0.2) is 51.6 Å². The smallest absolute Gasteiger partial charge is 0.277 e. The number of anilines is 2. The molecule has 3 heterocycles. The normalized spacial score (nSPS) is 13.8. The van der Waals surface area contributed by atoms with E-state index >= 15 is 0 Å². The van der Waals surface area contributed by atoms with E-state index in [1.165, 1.54) is 19.4 Å². The van der Waals surface area contributed by atoms with E-state index in [0.29, 0.717) is 41.6 Å². The van der Waals surface area contributed by atoms with Gasteiger partial charge in [0.2, 0.25) is 11.7 Å². The molecular formula is C19H17N3O5. The van der Waals surface area contributed by atoms with Crippen molar-refractivity contribution in [2.75, 3.05) is 23.9 Å². The summed E-state index contributed by atoms with van der Waals surface area (Å²) in [6.07, 6.45) is 2.87. The molecule has 4 rings (SSSR count). The van der Waals surface area contributed by atoms with Crippen molar-refractivity contribution in [3.05, 3.63) is 48.4 Å². The van der Waals surface area contributed by atoms with E-state index in [9.17, 15) is 9.59 Å². The molecule has 0 atom stereocenters. The molecule has 8 heteroatoms. The van der Waals surface area contributed by atoms with E-state index in [2.05, 4.69) is 10.5 Å². The Labute approximate surface area is 154 Å². The van der Waals surface area contributed by atoms with Crippen LogP contribution in [0.4, 0.5) is 11.4 Å². The van der Waals surface area contributed by atoms with Gasteiger partial charge in [0.05, 0.1) is 19.1 Å². The summed E-state index contributed by atoms with van der Waals surface area (Å²) < 4.78 is 15.8. The third-order valence-corrected chi connectivity index (χ3v) is 4.31. The van der Waals surface area contributed by atoms with Gasteiger partial charge in [0.1, 0.15) is 5.75 Å². The van der Waals surface area contributed by atoms with Crippen LogP contribution in [0.2, 0.25) is 0 Å². The third kappa shape index (κ3) is 3.29. The van der Waals surface area contributed by atoms with Crippen LogP contribution in [0.1, 0.15) is 23.3 Å². The van der Waals surface area contributed by atoms with Crippen molar-refractivity contribution < 1.29 is 23.3 Å². The molecule has 1 aromatic carbocycles. The van der Waals surface area contributed by atoms with Crippen LogP contribution in [-0.4, -0.2) is 30.6 Å². The van der Waals surface area contributed by atoms with Gasteiger partial charge in [0.15, 0.2) is 11.5 Å². The maximum atomic E-state index is 12.4. The number of hydrogen-bond acceptors (Lipinski definition) is 6. The van der Waals surface area contributed by atoms with Crippen molar-refractivity contribution in [3.8, 4) is 17.3 Å². The van der Waals surface area contributed by atoms with Gasteiger partial charge in [-0.1, -0.05) is 5.16 Å². The zero-order valence-corrected chi connectivity index (χ0v) is 14.6.